The summed E-state index contributed by atoms with van der Waals surface area (Å²) in [5.74, 6) is 1.81. The minimum Gasteiger partial charge on any atom is -0.381 e. The Balaban J connectivity index is 1.43. The van der Waals surface area contributed by atoms with E-state index in [0.29, 0.717) is 0 Å². The number of ether oxygens (including phenoxy) is 1. The van der Waals surface area contributed by atoms with Crippen molar-refractivity contribution in [3.8, 4) is 0 Å². The van der Waals surface area contributed by atoms with E-state index in [2.05, 4.69) is 17.1 Å². The lowest BCUT2D eigenvalue weighted by molar-refractivity contribution is 0.0662. The smallest absolute Gasteiger partial charge is 0.0469 e. The number of hydrogen-bond donors (Lipinski definition) is 1. The van der Waals surface area contributed by atoms with Crippen molar-refractivity contribution in [1.29, 1.82) is 0 Å². The number of rotatable bonds is 6. The summed E-state index contributed by atoms with van der Waals surface area (Å²) < 4.78 is 5.38. The van der Waals surface area contributed by atoms with Crippen LogP contribution in [0.4, 0.5) is 0 Å². The topological polar surface area (TPSA) is 24.5 Å². The van der Waals surface area contributed by atoms with Crippen LogP contribution in [0.3, 0.4) is 0 Å². The maximum Gasteiger partial charge on any atom is 0.0469 e. The standard InChI is InChI=1S/C15H30N2O/c1-14-3-9-17(10-4-14)8-2-7-16-13-15-5-11-18-12-6-15/h14-16H,2-13H2,1H3. The summed E-state index contributed by atoms with van der Waals surface area (Å²) in [6.07, 6.45) is 6.59. The van der Waals surface area contributed by atoms with Gasteiger partial charge in [0.15, 0.2) is 0 Å². The van der Waals surface area contributed by atoms with Gasteiger partial charge in [0.2, 0.25) is 0 Å². The molecule has 18 heavy (non-hydrogen) atoms. The van der Waals surface area contributed by atoms with E-state index >= 15 is 0 Å². The monoisotopic (exact) mass is 254 g/mol. The van der Waals surface area contributed by atoms with Gasteiger partial charge >= 0.3 is 0 Å². The first-order chi connectivity index (χ1) is 8.84. The van der Waals surface area contributed by atoms with Gasteiger partial charge in [-0.2, -0.15) is 0 Å². The molecular formula is C15H30N2O. The van der Waals surface area contributed by atoms with Crippen molar-refractivity contribution >= 4 is 0 Å². The molecule has 2 heterocycles. The Morgan fingerprint density at radius 1 is 1.11 bits per heavy atom. The summed E-state index contributed by atoms with van der Waals surface area (Å²) in [6, 6.07) is 0. The molecule has 2 fully saturated rings. The maximum atomic E-state index is 5.38. The van der Waals surface area contributed by atoms with Crippen LogP contribution in [0.15, 0.2) is 0 Å². The van der Waals surface area contributed by atoms with Gasteiger partial charge < -0.3 is 15.0 Å². The second-order valence-corrected chi connectivity index (χ2v) is 6.14. The van der Waals surface area contributed by atoms with Gasteiger partial charge in [-0.3, -0.25) is 0 Å². The molecule has 0 unspecified atom stereocenters. The van der Waals surface area contributed by atoms with Gasteiger partial charge in [-0.1, -0.05) is 6.92 Å². The van der Waals surface area contributed by atoms with Crippen molar-refractivity contribution in [2.75, 3.05) is 45.9 Å². The zero-order chi connectivity index (χ0) is 12.6. The van der Waals surface area contributed by atoms with Gasteiger partial charge in [-0.15, -0.1) is 0 Å². The third kappa shape index (κ3) is 5.25. The van der Waals surface area contributed by atoms with Crippen LogP contribution in [0.1, 0.15) is 39.0 Å². The molecule has 0 atom stereocenters. The molecule has 3 nitrogen and oxygen atoms in total. The lowest BCUT2D eigenvalue weighted by Crippen LogP contribution is -2.35. The Bertz CT molecular complexity index is 209. The third-order valence-corrected chi connectivity index (χ3v) is 4.48. The highest BCUT2D eigenvalue weighted by molar-refractivity contribution is 4.70. The quantitative estimate of drug-likeness (QED) is 0.735. The molecule has 0 saturated carbocycles. The van der Waals surface area contributed by atoms with E-state index in [9.17, 15) is 0 Å². The molecule has 2 aliphatic heterocycles. The summed E-state index contributed by atoms with van der Waals surface area (Å²) in [6.45, 7) is 10.6. The number of nitrogens with zero attached hydrogens (tertiary/aromatic N) is 1. The summed E-state index contributed by atoms with van der Waals surface area (Å²) >= 11 is 0. The van der Waals surface area contributed by atoms with Crippen LogP contribution in [0, 0.1) is 11.8 Å². The van der Waals surface area contributed by atoms with Gasteiger partial charge in [0.05, 0.1) is 0 Å². The van der Waals surface area contributed by atoms with Crippen molar-refractivity contribution in [3.05, 3.63) is 0 Å². The van der Waals surface area contributed by atoms with Gasteiger partial charge in [0.1, 0.15) is 0 Å². The molecule has 0 aromatic rings. The van der Waals surface area contributed by atoms with Crippen LogP contribution in [0.25, 0.3) is 0 Å². The number of likely N-dealkylation sites (tertiary alicyclic amines) is 1. The highest BCUT2D eigenvalue weighted by Gasteiger charge is 2.15. The Labute approximate surface area is 112 Å². The first kappa shape index (κ1) is 14.3. The molecule has 106 valence electrons. The largest absolute Gasteiger partial charge is 0.381 e. The van der Waals surface area contributed by atoms with Gasteiger partial charge in [-0.05, 0) is 76.7 Å². The SMILES string of the molecule is CC1CCN(CCCNCC2CCOCC2)CC1. The first-order valence-corrected chi connectivity index (χ1v) is 7.85. The molecule has 0 radical (unpaired) electrons. The van der Waals surface area contributed by atoms with Crippen LogP contribution in [0.2, 0.25) is 0 Å². The fourth-order valence-corrected chi connectivity index (χ4v) is 2.97. The van der Waals surface area contributed by atoms with Gasteiger partial charge in [0, 0.05) is 13.2 Å². The van der Waals surface area contributed by atoms with E-state index in [4.69, 9.17) is 4.74 Å². The molecule has 2 aliphatic rings. The fraction of sp³-hybridized carbons (Fsp3) is 1.00. The highest BCUT2D eigenvalue weighted by atomic mass is 16.5. The van der Waals surface area contributed by atoms with Crippen LogP contribution in [-0.2, 0) is 4.74 Å². The average molecular weight is 254 g/mol. The van der Waals surface area contributed by atoms with Gasteiger partial charge in [-0.25, -0.2) is 0 Å². The normalized spacial score (nSPS) is 24.5. The van der Waals surface area contributed by atoms with Crippen molar-refractivity contribution < 1.29 is 4.74 Å². The number of piperidine rings is 1. The summed E-state index contributed by atoms with van der Waals surface area (Å²) in [4.78, 5) is 2.64. The molecule has 2 rings (SSSR count). The van der Waals surface area contributed by atoms with E-state index in [1.165, 1.54) is 64.8 Å². The summed E-state index contributed by atoms with van der Waals surface area (Å²) in [5, 5.41) is 3.62. The molecule has 3 heteroatoms. The Hall–Kier alpha value is -0.120. The number of hydrogen-bond acceptors (Lipinski definition) is 3. The van der Waals surface area contributed by atoms with Crippen molar-refractivity contribution in [1.82, 2.24) is 10.2 Å². The Morgan fingerprint density at radius 3 is 2.56 bits per heavy atom. The predicted molar refractivity (Wildman–Crippen MR) is 75.9 cm³/mol. The minimum absolute atomic E-state index is 0.856. The summed E-state index contributed by atoms with van der Waals surface area (Å²) in [5.41, 5.74) is 0. The zero-order valence-corrected chi connectivity index (χ0v) is 12.0. The fourth-order valence-electron chi connectivity index (χ4n) is 2.97. The van der Waals surface area contributed by atoms with Gasteiger partial charge in [0.25, 0.3) is 0 Å². The number of nitrogens with one attached hydrogen (secondary N) is 1. The van der Waals surface area contributed by atoms with E-state index in [1.807, 2.05) is 0 Å². The molecule has 0 aromatic carbocycles. The highest BCUT2D eigenvalue weighted by Crippen LogP contribution is 2.16. The molecule has 1 N–H and O–H groups in total. The van der Waals surface area contributed by atoms with Crippen molar-refractivity contribution in [3.63, 3.8) is 0 Å². The zero-order valence-electron chi connectivity index (χ0n) is 12.0. The minimum atomic E-state index is 0.856. The van der Waals surface area contributed by atoms with Crippen LogP contribution in [-0.4, -0.2) is 50.8 Å². The van der Waals surface area contributed by atoms with Crippen LogP contribution >= 0.6 is 0 Å². The lowest BCUT2D eigenvalue weighted by Gasteiger charge is -2.30. The molecule has 0 amide bonds. The Kier molecular flexibility index (Phi) is 6.46. The second-order valence-electron chi connectivity index (χ2n) is 6.14. The third-order valence-electron chi connectivity index (χ3n) is 4.48. The predicted octanol–water partition coefficient (Wildman–Crippen LogP) is 2.12. The second kappa shape index (κ2) is 8.13. The maximum absolute atomic E-state index is 5.38. The molecule has 0 aliphatic carbocycles. The Morgan fingerprint density at radius 2 is 1.83 bits per heavy atom. The molecular weight excluding hydrogens is 224 g/mol. The van der Waals surface area contributed by atoms with Crippen molar-refractivity contribution in [2.45, 2.75) is 39.0 Å². The van der Waals surface area contributed by atoms with Crippen LogP contribution in [0.5, 0.6) is 0 Å². The van der Waals surface area contributed by atoms with Crippen LogP contribution < -0.4 is 5.32 Å². The molecule has 0 bridgehead atoms. The lowest BCUT2D eigenvalue weighted by atomic mass is 9.99. The average Bonchev–Trinajstić information content (AvgIpc) is 2.42. The molecule has 2 saturated heterocycles. The molecule has 0 spiro atoms. The van der Waals surface area contributed by atoms with E-state index < -0.39 is 0 Å². The molecule has 0 aromatic heterocycles. The van der Waals surface area contributed by atoms with E-state index in [0.717, 1.165) is 25.0 Å². The van der Waals surface area contributed by atoms with Crippen molar-refractivity contribution in [2.24, 2.45) is 11.8 Å². The van der Waals surface area contributed by atoms with E-state index in [-0.39, 0.29) is 0 Å². The first-order valence-electron chi connectivity index (χ1n) is 7.85. The summed E-state index contributed by atoms with van der Waals surface area (Å²) in [7, 11) is 0. The van der Waals surface area contributed by atoms with E-state index in [1.54, 1.807) is 0 Å².